The van der Waals surface area contributed by atoms with E-state index >= 15 is 0 Å². The van der Waals surface area contributed by atoms with E-state index in [-0.39, 0.29) is 11.8 Å². The van der Waals surface area contributed by atoms with Gasteiger partial charge in [0.2, 0.25) is 0 Å². The molecule has 1 aromatic carbocycles. The molecule has 1 heterocycles. The number of benzene rings is 1. The van der Waals surface area contributed by atoms with E-state index in [4.69, 9.17) is 5.11 Å². The van der Waals surface area contributed by atoms with E-state index in [0.717, 1.165) is 12.0 Å². The number of phenols is 1. The standard InChI is InChI=1S/C11H13NO3/c13-10-4-2-1-3-7(10)8-5-6-9(12-8)11(14)15/h1-4,8-9,12-13H,5-6H2,(H,14,15)/t8-,9-/m0/s1. The van der Waals surface area contributed by atoms with Gasteiger partial charge in [0.1, 0.15) is 11.8 Å². The van der Waals surface area contributed by atoms with Gasteiger partial charge in [0.15, 0.2) is 0 Å². The van der Waals surface area contributed by atoms with Crippen molar-refractivity contribution in [2.24, 2.45) is 0 Å². The molecule has 0 saturated carbocycles. The molecule has 1 aliphatic heterocycles. The predicted molar refractivity (Wildman–Crippen MR) is 54.6 cm³/mol. The fraction of sp³-hybridized carbons (Fsp3) is 0.364. The van der Waals surface area contributed by atoms with Crippen molar-refractivity contribution in [1.82, 2.24) is 5.32 Å². The first kappa shape index (κ1) is 9.98. The molecule has 0 bridgehead atoms. The first-order valence-electron chi connectivity index (χ1n) is 4.95. The van der Waals surface area contributed by atoms with E-state index in [1.165, 1.54) is 0 Å². The summed E-state index contributed by atoms with van der Waals surface area (Å²) < 4.78 is 0. The molecule has 3 N–H and O–H groups in total. The molecule has 4 nitrogen and oxygen atoms in total. The van der Waals surface area contributed by atoms with Gasteiger partial charge in [-0.2, -0.15) is 0 Å². The van der Waals surface area contributed by atoms with Crippen LogP contribution in [0.4, 0.5) is 0 Å². The fourth-order valence-electron chi connectivity index (χ4n) is 1.97. The van der Waals surface area contributed by atoms with Crippen molar-refractivity contribution < 1.29 is 15.0 Å². The van der Waals surface area contributed by atoms with Crippen molar-refractivity contribution in [3.8, 4) is 5.75 Å². The minimum atomic E-state index is -0.826. The van der Waals surface area contributed by atoms with Crippen molar-refractivity contribution >= 4 is 5.97 Å². The van der Waals surface area contributed by atoms with Crippen LogP contribution in [-0.4, -0.2) is 22.2 Å². The van der Waals surface area contributed by atoms with Gasteiger partial charge >= 0.3 is 5.97 Å². The summed E-state index contributed by atoms with van der Waals surface area (Å²) in [6.07, 6.45) is 1.35. The molecule has 1 aliphatic rings. The molecule has 0 spiro atoms. The van der Waals surface area contributed by atoms with E-state index in [9.17, 15) is 9.90 Å². The maximum Gasteiger partial charge on any atom is 0.320 e. The van der Waals surface area contributed by atoms with Gasteiger partial charge in [0.25, 0.3) is 0 Å². The normalized spacial score (nSPS) is 25.3. The van der Waals surface area contributed by atoms with Crippen LogP contribution in [0.3, 0.4) is 0 Å². The highest BCUT2D eigenvalue weighted by Gasteiger charge is 2.30. The van der Waals surface area contributed by atoms with Crippen LogP contribution >= 0.6 is 0 Å². The fourth-order valence-corrected chi connectivity index (χ4v) is 1.97. The summed E-state index contributed by atoms with van der Waals surface area (Å²) in [6, 6.07) is 6.48. The van der Waals surface area contributed by atoms with Gasteiger partial charge in [0.05, 0.1) is 0 Å². The number of nitrogens with one attached hydrogen (secondary N) is 1. The third kappa shape index (κ3) is 1.94. The summed E-state index contributed by atoms with van der Waals surface area (Å²) in [5, 5.41) is 21.4. The first-order valence-corrected chi connectivity index (χ1v) is 4.95. The Kier molecular flexibility index (Phi) is 2.60. The second-order valence-corrected chi connectivity index (χ2v) is 3.75. The van der Waals surface area contributed by atoms with E-state index in [1.54, 1.807) is 12.1 Å². The summed E-state index contributed by atoms with van der Waals surface area (Å²) in [7, 11) is 0. The van der Waals surface area contributed by atoms with Crippen molar-refractivity contribution in [3.63, 3.8) is 0 Å². The van der Waals surface area contributed by atoms with Crippen LogP contribution in [0, 0.1) is 0 Å². The Morgan fingerprint density at radius 1 is 1.33 bits per heavy atom. The number of carbonyl (C=O) groups is 1. The predicted octanol–water partition coefficient (Wildman–Crippen LogP) is 1.27. The number of rotatable bonds is 2. The Labute approximate surface area is 87.6 Å². The van der Waals surface area contributed by atoms with Crippen molar-refractivity contribution in [2.45, 2.75) is 24.9 Å². The topological polar surface area (TPSA) is 69.6 Å². The van der Waals surface area contributed by atoms with Crippen LogP contribution < -0.4 is 5.32 Å². The molecule has 0 aromatic heterocycles. The van der Waals surface area contributed by atoms with Crippen LogP contribution in [0.5, 0.6) is 5.75 Å². The number of aromatic hydroxyl groups is 1. The zero-order chi connectivity index (χ0) is 10.8. The lowest BCUT2D eigenvalue weighted by Crippen LogP contribution is -2.31. The molecule has 0 aliphatic carbocycles. The molecule has 1 aromatic rings. The Morgan fingerprint density at radius 3 is 2.67 bits per heavy atom. The molecule has 2 atom stereocenters. The van der Waals surface area contributed by atoms with Gasteiger partial charge in [-0.25, -0.2) is 0 Å². The molecule has 1 saturated heterocycles. The van der Waals surface area contributed by atoms with E-state index in [1.807, 2.05) is 12.1 Å². The van der Waals surface area contributed by atoms with Crippen molar-refractivity contribution in [1.29, 1.82) is 0 Å². The second kappa shape index (κ2) is 3.90. The maximum absolute atomic E-state index is 10.7. The van der Waals surface area contributed by atoms with Gasteiger partial charge in [-0.05, 0) is 18.9 Å². The lowest BCUT2D eigenvalue weighted by molar-refractivity contribution is -0.139. The van der Waals surface area contributed by atoms with Gasteiger partial charge in [0, 0.05) is 11.6 Å². The lowest BCUT2D eigenvalue weighted by atomic mass is 10.0. The van der Waals surface area contributed by atoms with Crippen molar-refractivity contribution in [2.75, 3.05) is 0 Å². The highest BCUT2D eigenvalue weighted by atomic mass is 16.4. The van der Waals surface area contributed by atoms with E-state index in [2.05, 4.69) is 5.32 Å². The zero-order valence-corrected chi connectivity index (χ0v) is 8.18. The van der Waals surface area contributed by atoms with Crippen LogP contribution in [0.15, 0.2) is 24.3 Å². The number of aliphatic carboxylic acids is 1. The lowest BCUT2D eigenvalue weighted by Gasteiger charge is -2.13. The number of hydrogen-bond donors (Lipinski definition) is 3. The van der Waals surface area contributed by atoms with Crippen molar-refractivity contribution in [3.05, 3.63) is 29.8 Å². The molecule has 2 rings (SSSR count). The van der Waals surface area contributed by atoms with Gasteiger partial charge in [-0.15, -0.1) is 0 Å². The monoisotopic (exact) mass is 207 g/mol. The summed E-state index contributed by atoms with van der Waals surface area (Å²) in [6.45, 7) is 0. The molecular formula is C11H13NO3. The minimum Gasteiger partial charge on any atom is -0.508 e. The van der Waals surface area contributed by atoms with Crippen LogP contribution in [-0.2, 0) is 4.79 Å². The Bertz CT molecular complexity index is 378. The number of para-hydroxylation sites is 1. The van der Waals surface area contributed by atoms with Gasteiger partial charge in [-0.3, -0.25) is 10.1 Å². The molecule has 15 heavy (non-hydrogen) atoms. The van der Waals surface area contributed by atoms with Crippen LogP contribution in [0.25, 0.3) is 0 Å². The third-order valence-electron chi connectivity index (χ3n) is 2.76. The summed E-state index contributed by atoms with van der Waals surface area (Å²) >= 11 is 0. The quantitative estimate of drug-likeness (QED) is 0.683. The average Bonchev–Trinajstić information content (AvgIpc) is 2.67. The first-order chi connectivity index (χ1) is 7.18. The highest BCUT2D eigenvalue weighted by molar-refractivity contribution is 5.74. The zero-order valence-electron chi connectivity index (χ0n) is 8.18. The SMILES string of the molecule is O=C(O)[C@@H]1CC[C@@H](c2ccccc2O)N1. The Hall–Kier alpha value is -1.55. The van der Waals surface area contributed by atoms with Crippen LogP contribution in [0.1, 0.15) is 24.4 Å². The Balaban J connectivity index is 2.14. The molecular weight excluding hydrogens is 194 g/mol. The molecule has 0 amide bonds. The molecule has 0 radical (unpaired) electrons. The molecule has 1 fully saturated rings. The van der Waals surface area contributed by atoms with E-state index < -0.39 is 12.0 Å². The maximum atomic E-state index is 10.7. The summed E-state index contributed by atoms with van der Waals surface area (Å²) in [5.41, 5.74) is 0.779. The van der Waals surface area contributed by atoms with Gasteiger partial charge < -0.3 is 10.2 Å². The molecule has 80 valence electrons. The van der Waals surface area contributed by atoms with E-state index in [0.29, 0.717) is 6.42 Å². The number of carboxylic acids is 1. The highest BCUT2D eigenvalue weighted by Crippen LogP contribution is 2.31. The summed E-state index contributed by atoms with van der Waals surface area (Å²) in [4.78, 5) is 10.7. The number of phenolic OH excluding ortho intramolecular Hbond substituents is 1. The molecule has 0 unspecified atom stereocenters. The second-order valence-electron chi connectivity index (χ2n) is 3.75. The summed E-state index contributed by atoms with van der Waals surface area (Å²) in [5.74, 6) is -0.603. The van der Waals surface area contributed by atoms with Crippen LogP contribution in [0.2, 0.25) is 0 Å². The number of hydrogen-bond acceptors (Lipinski definition) is 3. The number of carboxylic acid groups (broad SMARTS) is 1. The Morgan fingerprint density at radius 2 is 2.07 bits per heavy atom. The smallest absolute Gasteiger partial charge is 0.320 e. The third-order valence-corrected chi connectivity index (χ3v) is 2.76. The molecule has 4 heteroatoms. The average molecular weight is 207 g/mol. The largest absolute Gasteiger partial charge is 0.508 e. The minimum absolute atomic E-state index is 0.0488. The van der Waals surface area contributed by atoms with Gasteiger partial charge in [-0.1, -0.05) is 18.2 Å².